The first-order valence-electron chi connectivity index (χ1n) is 6.76. The largest absolute Gasteiger partial charge is 0.484 e. The Morgan fingerprint density at radius 1 is 1.43 bits per heavy atom. The second kappa shape index (κ2) is 8.59. The van der Waals surface area contributed by atoms with Crippen LogP contribution in [0, 0.1) is 11.3 Å². The van der Waals surface area contributed by atoms with Gasteiger partial charge in [-0.25, -0.2) is 0 Å². The van der Waals surface area contributed by atoms with Gasteiger partial charge < -0.3 is 15.4 Å². The van der Waals surface area contributed by atoms with E-state index in [0.717, 1.165) is 6.42 Å². The van der Waals surface area contributed by atoms with Crippen molar-refractivity contribution in [3.05, 3.63) is 29.8 Å². The van der Waals surface area contributed by atoms with Crippen LogP contribution >= 0.6 is 0 Å². The number of nitrogens with one attached hydrogen (secondary N) is 2. The zero-order valence-corrected chi connectivity index (χ0v) is 12.2. The molecule has 1 aromatic carbocycles. The summed E-state index contributed by atoms with van der Waals surface area (Å²) in [7, 11) is 0. The van der Waals surface area contributed by atoms with E-state index in [1.165, 1.54) is 0 Å². The lowest BCUT2D eigenvalue weighted by atomic mass is 10.2. The maximum absolute atomic E-state index is 11.7. The molecule has 0 unspecified atom stereocenters. The van der Waals surface area contributed by atoms with Crippen molar-refractivity contribution in [2.45, 2.75) is 26.3 Å². The predicted octanol–water partition coefficient (Wildman–Crippen LogP) is 0.968. The number of hydrogen-bond acceptors (Lipinski definition) is 4. The summed E-state index contributed by atoms with van der Waals surface area (Å²) in [6.45, 7) is 3.93. The highest BCUT2D eigenvalue weighted by atomic mass is 16.5. The van der Waals surface area contributed by atoms with Gasteiger partial charge in [-0.3, -0.25) is 9.59 Å². The second-order valence-electron chi connectivity index (χ2n) is 4.51. The number of carbonyl (C=O) groups excluding carboxylic acids is 2. The maximum Gasteiger partial charge on any atom is 0.258 e. The summed E-state index contributed by atoms with van der Waals surface area (Å²) in [5.41, 5.74) is 0.459. The van der Waals surface area contributed by atoms with Gasteiger partial charge in [0.1, 0.15) is 11.8 Å². The molecule has 0 bridgehead atoms. The molecule has 0 aliphatic heterocycles. The number of ether oxygens (including phenoxy) is 1. The van der Waals surface area contributed by atoms with Crippen LogP contribution in [0.1, 0.15) is 25.8 Å². The van der Waals surface area contributed by atoms with Crippen LogP contribution in [0.2, 0.25) is 0 Å². The van der Waals surface area contributed by atoms with E-state index in [0.29, 0.717) is 17.9 Å². The molecule has 0 aliphatic carbocycles. The Labute approximate surface area is 124 Å². The van der Waals surface area contributed by atoms with Crippen LogP contribution in [0.4, 0.5) is 0 Å². The number of rotatable bonds is 7. The molecular formula is C15H19N3O3. The molecule has 1 atom stereocenters. The molecule has 6 heteroatoms. The standard InChI is InChI=1S/C15H19N3O3/c1-3-7-17-15(20)11(2)18-14(19)10-21-13-6-4-5-12(8-13)9-16/h4-6,8,11H,3,7,10H2,1-2H3,(H,17,20)(H,18,19)/t11-/m1/s1. The summed E-state index contributed by atoms with van der Waals surface area (Å²) in [6.07, 6.45) is 0.838. The molecule has 0 spiro atoms. The zero-order valence-electron chi connectivity index (χ0n) is 12.2. The Kier molecular flexibility index (Phi) is 6.75. The zero-order chi connectivity index (χ0) is 15.7. The quantitative estimate of drug-likeness (QED) is 0.782. The van der Waals surface area contributed by atoms with Crippen LogP contribution in [-0.2, 0) is 9.59 Å². The van der Waals surface area contributed by atoms with Gasteiger partial charge in [0.25, 0.3) is 5.91 Å². The van der Waals surface area contributed by atoms with Crippen LogP contribution < -0.4 is 15.4 Å². The summed E-state index contributed by atoms with van der Waals surface area (Å²) < 4.78 is 5.28. The third kappa shape index (κ3) is 5.95. The van der Waals surface area contributed by atoms with Gasteiger partial charge in [-0.15, -0.1) is 0 Å². The summed E-state index contributed by atoms with van der Waals surface area (Å²) >= 11 is 0. The fourth-order valence-electron chi connectivity index (χ4n) is 1.55. The van der Waals surface area contributed by atoms with Crippen LogP contribution in [0.15, 0.2) is 24.3 Å². The molecule has 0 saturated heterocycles. The number of nitriles is 1. The number of benzene rings is 1. The Morgan fingerprint density at radius 2 is 2.19 bits per heavy atom. The van der Waals surface area contributed by atoms with E-state index in [2.05, 4.69) is 10.6 Å². The van der Waals surface area contributed by atoms with Crippen molar-refractivity contribution >= 4 is 11.8 Å². The van der Waals surface area contributed by atoms with E-state index >= 15 is 0 Å². The van der Waals surface area contributed by atoms with Crippen LogP contribution in [0.5, 0.6) is 5.75 Å². The lowest BCUT2D eigenvalue weighted by Gasteiger charge is -2.14. The third-order valence-electron chi connectivity index (χ3n) is 2.65. The van der Waals surface area contributed by atoms with Crippen LogP contribution in [0.25, 0.3) is 0 Å². The minimum Gasteiger partial charge on any atom is -0.484 e. The Bertz CT molecular complexity index is 537. The maximum atomic E-state index is 11.7. The SMILES string of the molecule is CCCNC(=O)[C@@H](C)NC(=O)COc1cccc(C#N)c1. The first-order chi connectivity index (χ1) is 10.1. The van der Waals surface area contributed by atoms with Crippen molar-refractivity contribution in [1.29, 1.82) is 5.26 Å². The van der Waals surface area contributed by atoms with Crippen molar-refractivity contribution in [3.8, 4) is 11.8 Å². The summed E-state index contributed by atoms with van der Waals surface area (Å²) in [4.78, 5) is 23.3. The average Bonchev–Trinajstić information content (AvgIpc) is 2.50. The first kappa shape index (κ1) is 16.5. The number of carbonyl (C=O) groups is 2. The van der Waals surface area contributed by atoms with Gasteiger partial charge in [0.2, 0.25) is 5.91 Å². The lowest BCUT2D eigenvalue weighted by Crippen LogP contribution is -2.46. The molecule has 2 N–H and O–H groups in total. The molecule has 0 saturated carbocycles. The Balaban J connectivity index is 2.40. The summed E-state index contributed by atoms with van der Waals surface area (Å²) in [5.74, 6) is -0.180. The molecular weight excluding hydrogens is 270 g/mol. The average molecular weight is 289 g/mol. The van der Waals surface area contributed by atoms with Gasteiger partial charge in [-0.05, 0) is 31.5 Å². The van der Waals surface area contributed by atoms with E-state index < -0.39 is 11.9 Å². The molecule has 0 aromatic heterocycles. The van der Waals surface area contributed by atoms with Gasteiger partial charge in [0.05, 0.1) is 11.6 Å². The second-order valence-corrected chi connectivity index (χ2v) is 4.51. The fourth-order valence-corrected chi connectivity index (χ4v) is 1.55. The van der Waals surface area contributed by atoms with Crippen molar-refractivity contribution in [2.75, 3.05) is 13.2 Å². The topological polar surface area (TPSA) is 91.2 Å². The molecule has 0 radical (unpaired) electrons. The molecule has 2 amide bonds. The van der Waals surface area contributed by atoms with E-state index in [1.54, 1.807) is 31.2 Å². The van der Waals surface area contributed by atoms with Gasteiger partial charge >= 0.3 is 0 Å². The number of hydrogen-bond donors (Lipinski definition) is 2. The predicted molar refractivity (Wildman–Crippen MR) is 77.6 cm³/mol. The highest BCUT2D eigenvalue weighted by Crippen LogP contribution is 2.12. The molecule has 0 heterocycles. The normalized spacial score (nSPS) is 11.1. The smallest absolute Gasteiger partial charge is 0.258 e. The molecule has 6 nitrogen and oxygen atoms in total. The van der Waals surface area contributed by atoms with Crippen molar-refractivity contribution in [1.82, 2.24) is 10.6 Å². The van der Waals surface area contributed by atoms with E-state index in [9.17, 15) is 9.59 Å². The number of amides is 2. The van der Waals surface area contributed by atoms with Gasteiger partial charge in [0, 0.05) is 6.54 Å². The highest BCUT2D eigenvalue weighted by Gasteiger charge is 2.15. The van der Waals surface area contributed by atoms with Crippen molar-refractivity contribution in [2.24, 2.45) is 0 Å². The van der Waals surface area contributed by atoms with Gasteiger partial charge in [-0.1, -0.05) is 13.0 Å². The summed E-state index contributed by atoms with van der Waals surface area (Å²) in [5, 5.41) is 14.0. The first-order valence-corrected chi connectivity index (χ1v) is 6.76. The van der Waals surface area contributed by atoms with Crippen molar-refractivity contribution < 1.29 is 14.3 Å². The molecule has 112 valence electrons. The molecule has 1 rings (SSSR count). The summed E-state index contributed by atoms with van der Waals surface area (Å²) in [6, 6.07) is 7.90. The Hall–Kier alpha value is -2.55. The molecule has 1 aromatic rings. The Morgan fingerprint density at radius 3 is 2.86 bits per heavy atom. The third-order valence-corrected chi connectivity index (χ3v) is 2.65. The van der Waals surface area contributed by atoms with E-state index in [1.807, 2.05) is 13.0 Å². The van der Waals surface area contributed by atoms with E-state index in [4.69, 9.17) is 10.00 Å². The van der Waals surface area contributed by atoms with Crippen molar-refractivity contribution in [3.63, 3.8) is 0 Å². The van der Waals surface area contributed by atoms with Crippen LogP contribution in [-0.4, -0.2) is 31.0 Å². The minimum atomic E-state index is -0.613. The fraction of sp³-hybridized carbons (Fsp3) is 0.400. The highest BCUT2D eigenvalue weighted by molar-refractivity contribution is 5.87. The molecule has 0 aliphatic rings. The lowest BCUT2D eigenvalue weighted by molar-refractivity contribution is -0.129. The monoisotopic (exact) mass is 289 g/mol. The molecule has 21 heavy (non-hydrogen) atoms. The van der Waals surface area contributed by atoms with Gasteiger partial charge in [0.15, 0.2) is 6.61 Å². The molecule has 0 fully saturated rings. The minimum absolute atomic E-state index is 0.208. The van der Waals surface area contributed by atoms with E-state index in [-0.39, 0.29) is 12.5 Å². The van der Waals surface area contributed by atoms with Crippen LogP contribution in [0.3, 0.4) is 0 Å². The van der Waals surface area contributed by atoms with Gasteiger partial charge in [-0.2, -0.15) is 5.26 Å². The number of nitrogens with zero attached hydrogens (tertiary/aromatic N) is 1.